The van der Waals surface area contributed by atoms with Gasteiger partial charge in [0.05, 0.1) is 25.3 Å². The third-order valence-electron chi connectivity index (χ3n) is 3.28. The monoisotopic (exact) mass is 319 g/mol. The molecule has 0 aliphatic carbocycles. The van der Waals surface area contributed by atoms with Crippen LogP contribution in [0.3, 0.4) is 0 Å². The van der Waals surface area contributed by atoms with Gasteiger partial charge in [-0.3, -0.25) is 4.79 Å². The number of hydrogen-bond donors (Lipinski definition) is 1. The Hall–Kier alpha value is -2.01. The molecule has 22 heavy (non-hydrogen) atoms. The van der Waals surface area contributed by atoms with Gasteiger partial charge in [0.1, 0.15) is 0 Å². The van der Waals surface area contributed by atoms with Crippen LogP contribution >= 0.6 is 11.3 Å². The average molecular weight is 319 g/mol. The van der Waals surface area contributed by atoms with Crippen LogP contribution in [0.4, 0.5) is 0 Å². The Morgan fingerprint density at radius 3 is 2.77 bits per heavy atom. The third-order valence-corrected chi connectivity index (χ3v) is 3.96. The van der Waals surface area contributed by atoms with Crippen molar-refractivity contribution < 1.29 is 14.3 Å². The first kappa shape index (κ1) is 16.4. The SMILES string of the molecule is CCCOc1ccc([C@H](C)NC(=O)c2ccsc2)cc1OC. The zero-order valence-corrected chi connectivity index (χ0v) is 13.9. The van der Waals surface area contributed by atoms with Crippen molar-refractivity contribution in [3.8, 4) is 11.5 Å². The smallest absolute Gasteiger partial charge is 0.252 e. The zero-order valence-electron chi connectivity index (χ0n) is 13.1. The largest absolute Gasteiger partial charge is 0.493 e. The second-order valence-corrected chi connectivity index (χ2v) is 5.75. The number of nitrogens with one attached hydrogen (secondary N) is 1. The van der Waals surface area contributed by atoms with Gasteiger partial charge in [-0.1, -0.05) is 13.0 Å². The maximum Gasteiger partial charge on any atom is 0.252 e. The Morgan fingerprint density at radius 2 is 2.14 bits per heavy atom. The second-order valence-electron chi connectivity index (χ2n) is 4.97. The quantitative estimate of drug-likeness (QED) is 0.838. The van der Waals surface area contributed by atoms with Gasteiger partial charge in [-0.15, -0.1) is 0 Å². The van der Waals surface area contributed by atoms with E-state index in [1.165, 1.54) is 11.3 Å². The molecule has 0 radical (unpaired) electrons. The van der Waals surface area contributed by atoms with Gasteiger partial charge in [0.25, 0.3) is 5.91 Å². The highest BCUT2D eigenvalue weighted by molar-refractivity contribution is 7.08. The Bertz CT molecular complexity index is 610. The normalized spacial score (nSPS) is 11.8. The summed E-state index contributed by atoms with van der Waals surface area (Å²) in [5.41, 5.74) is 1.66. The molecule has 0 bridgehead atoms. The first-order valence-electron chi connectivity index (χ1n) is 7.29. The number of rotatable bonds is 7. The summed E-state index contributed by atoms with van der Waals surface area (Å²) < 4.78 is 11.0. The zero-order chi connectivity index (χ0) is 15.9. The van der Waals surface area contributed by atoms with Crippen LogP contribution in [0.25, 0.3) is 0 Å². The molecule has 118 valence electrons. The lowest BCUT2D eigenvalue weighted by Gasteiger charge is -2.17. The van der Waals surface area contributed by atoms with Crippen molar-refractivity contribution in [3.05, 3.63) is 46.2 Å². The topological polar surface area (TPSA) is 47.6 Å². The highest BCUT2D eigenvalue weighted by Gasteiger charge is 2.14. The molecule has 2 rings (SSSR count). The van der Waals surface area contributed by atoms with Gasteiger partial charge in [0.2, 0.25) is 0 Å². The number of methoxy groups -OCH3 is 1. The maximum absolute atomic E-state index is 12.1. The number of carbonyl (C=O) groups excluding carboxylic acids is 1. The minimum Gasteiger partial charge on any atom is -0.493 e. The minimum absolute atomic E-state index is 0.0703. The number of hydrogen-bond acceptors (Lipinski definition) is 4. The molecular weight excluding hydrogens is 298 g/mol. The molecule has 0 aliphatic heterocycles. The molecule has 0 spiro atoms. The van der Waals surface area contributed by atoms with Gasteiger partial charge in [-0.25, -0.2) is 0 Å². The van der Waals surface area contributed by atoms with Gasteiger partial charge in [0.15, 0.2) is 11.5 Å². The lowest BCUT2D eigenvalue weighted by Crippen LogP contribution is -2.26. The highest BCUT2D eigenvalue weighted by Crippen LogP contribution is 2.30. The Balaban J connectivity index is 2.09. The molecule has 0 aliphatic rings. The fraction of sp³-hybridized carbons (Fsp3) is 0.353. The van der Waals surface area contributed by atoms with E-state index in [-0.39, 0.29) is 11.9 Å². The summed E-state index contributed by atoms with van der Waals surface area (Å²) in [4.78, 5) is 12.1. The molecule has 1 N–H and O–H groups in total. The van der Waals surface area contributed by atoms with E-state index in [9.17, 15) is 4.79 Å². The van der Waals surface area contributed by atoms with Crippen molar-refractivity contribution in [2.24, 2.45) is 0 Å². The number of carbonyl (C=O) groups is 1. The molecule has 0 saturated carbocycles. The number of ether oxygens (including phenoxy) is 2. The van der Waals surface area contributed by atoms with Gasteiger partial charge in [0, 0.05) is 5.38 Å². The van der Waals surface area contributed by atoms with Crippen molar-refractivity contribution in [2.45, 2.75) is 26.3 Å². The van der Waals surface area contributed by atoms with Gasteiger partial charge in [-0.05, 0) is 42.5 Å². The van der Waals surface area contributed by atoms with Gasteiger partial charge in [-0.2, -0.15) is 11.3 Å². The van der Waals surface area contributed by atoms with Crippen LogP contribution in [0.2, 0.25) is 0 Å². The van der Waals surface area contributed by atoms with E-state index in [1.807, 2.05) is 41.9 Å². The van der Waals surface area contributed by atoms with E-state index in [4.69, 9.17) is 9.47 Å². The van der Waals surface area contributed by atoms with E-state index >= 15 is 0 Å². The summed E-state index contributed by atoms with van der Waals surface area (Å²) in [6, 6.07) is 7.45. The fourth-order valence-electron chi connectivity index (χ4n) is 2.04. The van der Waals surface area contributed by atoms with Crippen molar-refractivity contribution >= 4 is 17.2 Å². The van der Waals surface area contributed by atoms with Crippen molar-refractivity contribution in [1.82, 2.24) is 5.32 Å². The number of thiophene rings is 1. The van der Waals surface area contributed by atoms with Crippen LogP contribution in [0, 0.1) is 0 Å². The predicted octanol–water partition coefficient (Wildman–Crippen LogP) is 4.04. The molecule has 1 atom stereocenters. The molecule has 1 aromatic heterocycles. The summed E-state index contributed by atoms with van der Waals surface area (Å²) >= 11 is 1.51. The van der Waals surface area contributed by atoms with Gasteiger partial charge >= 0.3 is 0 Å². The predicted molar refractivity (Wildman–Crippen MR) is 89.0 cm³/mol. The average Bonchev–Trinajstić information content (AvgIpc) is 3.07. The first-order chi connectivity index (χ1) is 10.7. The minimum atomic E-state index is -0.110. The van der Waals surface area contributed by atoms with E-state index in [1.54, 1.807) is 7.11 Å². The van der Waals surface area contributed by atoms with Crippen molar-refractivity contribution in [1.29, 1.82) is 0 Å². The van der Waals surface area contributed by atoms with E-state index < -0.39 is 0 Å². The molecule has 1 aromatic carbocycles. The third kappa shape index (κ3) is 4.01. The summed E-state index contributed by atoms with van der Waals surface area (Å²) in [5.74, 6) is 1.34. The van der Waals surface area contributed by atoms with E-state index in [2.05, 4.69) is 12.2 Å². The Labute approximate surface area is 135 Å². The van der Waals surface area contributed by atoms with Crippen LogP contribution in [-0.4, -0.2) is 19.6 Å². The number of benzene rings is 1. The lowest BCUT2D eigenvalue weighted by molar-refractivity contribution is 0.0940. The molecule has 2 aromatic rings. The second kappa shape index (κ2) is 7.84. The molecule has 0 saturated heterocycles. The fourth-order valence-corrected chi connectivity index (χ4v) is 2.68. The summed E-state index contributed by atoms with van der Waals surface area (Å²) in [7, 11) is 1.62. The molecule has 0 unspecified atom stereocenters. The standard InChI is InChI=1S/C17H21NO3S/c1-4-8-21-15-6-5-13(10-16(15)20-3)12(2)18-17(19)14-7-9-22-11-14/h5-7,9-12H,4,8H2,1-3H3,(H,18,19)/t12-/m0/s1. The molecule has 0 fully saturated rings. The summed E-state index contributed by atoms with van der Waals surface area (Å²) in [6.07, 6.45) is 0.942. The van der Waals surface area contributed by atoms with Gasteiger partial charge < -0.3 is 14.8 Å². The van der Waals surface area contributed by atoms with E-state index in [0.29, 0.717) is 17.9 Å². The maximum atomic E-state index is 12.1. The Morgan fingerprint density at radius 1 is 1.32 bits per heavy atom. The van der Waals surface area contributed by atoms with Crippen molar-refractivity contribution in [2.75, 3.05) is 13.7 Å². The van der Waals surface area contributed by atoms with Crippen LogP contribution in [0.1, 0.15) is 42.2 Å². The number of amides is 1. The van der Waals surface area contributed by atoms with Crippen LogP contribution in [0.5, 0.6) is 11.5 Å². The van der Waals surface area contributed by atoms with Crippen LogP contribution in [0.15, 0.2) is 35.0 Å². The molecule has 5 heteroatoms. The van der Waals surface area contributed by atoms with Crippen LogP contribution < -0.4 is 14.8 Å². The van der Waals surface area contributed by atoms with Crippen LogP contribution in [-0.2, 0) is 0 Å². The lowest BCUT2D eigenvalue weighted by atomic mass is 10.1. The molecule has 4 nitrogen and oxygen atoms in total. The summed E-state index contributed by atoms with van der Waals surface area (Å²) in [6.45, 7) is 4.66. The van der Waals surface area contributed by atoms with Crippen molar-refractivity contribution in [3.63, 3.8) is 0 Å². The van der Waals surface area contributed by atoms with E-state index in [0.717, 1.165) is 17.7 Å². The summed E-state index contributed by atoms with van der Waals surface area (Å²) in [5, 5.41) is 6.71. The molecular formula is C17H21NO3S. The highest BCUT2D eigenvalue weighted by atomic mass is 32.1. The Kier molecular flexibility index (Phi) is 5.83. The molecule has 1 heterocycles. The molecule has 1 amide bonds. The first-order valence-corrected chi connectivity index (χ1v) is 8.23.